The summed E-state index contributed by atoms with van der Waals surface area (Å²) in [5, 5.41) is 0. The highest BCUT2D eigenvalue weighted by Crippen LogP contribution is 2.04. The molecule has 1 aromatic rings. The summed E-state index contributed by atoms with van der Waals surface area (Å²) in [6, 6.07) is 2.77. The predicted octanol–water partition coefficient (Wildman–Crippen LogP) is 0.449. The molecule has 0 aliphatic rings. The van der Waals surface area contributed by atoms with Crippen molar-refractivity contribution in [3.8, 4) is 0 Å². The van der Waals surface area contributed by atoms with Crippen LogP contribution in [0.15, 0.2) is 29.4 Å². The normalized spacial score (nSPS) is 11.4. The molecule has 0 spiro atoms. The number of halogens is 1. The smallest absolute Gasteiger partial charge is 0.244 e. The highest BCUT2D eigenvalue weighted by Gasteiger charge is 2.12. The van der Waals surface area contributed by atoms with E-state index in [4.69, 9.17) is 0 Å². The fourth-order valence-corrected chi connectivity index (χ4v) is 1.34. The Morgan fingerprint density at radius 2 is 2.33 bits per heavy atom. The van der Waals surface area contributed by atoms with Crippen molar-refractivity contribution in [2.75, 3.05) is 0 Å². The topological polar surface area (TPSA) is 59.1 Å². The number of nitrogens with one attached hydrogen (secondary N) is 1. The molecule has 0 atom stereocenters. The van der Waals surface area contributed by atoms with Gasteiger partial charge in [0.25, 0.3) is 0 Å². The monoisotopic (exact) mass is 189 g/mol. The van der Waals surface area contributed by atoms with Gasteiger partial charge in [-0.1, -0.05) is 0 Å². The van der Waals surface area contributed by atoms with Crippen LogP contribution in [-0.2, 0) is 10.0 Å². The first-order valence-electron chi connectivity index (χ1n) is 3.01. The summed E-state index contributed by atoms with van der Waals surface area (Å²) in [5.41, 5.74) is 0. The Morgan fingerprint density at radius 1 is 1.58 bits per heavy atom. The molecule has 6 heteroatoms. The fraction of sp³-hybridized carbons (Fsp3) is 0. The Labute approximate surface area is 69.5 Å². The Morgan fingerprint density at radius 3 is 2.83 bits per heavy atom. The molecule has 1 aromatic heterocycles. The summed E-state index contributed by atoms with van der Waals surface area (Å²) in [6.45, 7) is -0.137. The second-order valence-corrected chi connectivity index (χ2v) is 3.63. The van der Waals surface area contributed by atoms with Crippen LogP contribution in [0.5, 0.6) is 0 Å². The van der Waals surface area contributed by atoms with Crippen LogP contribution >= 0.6 is 0 Å². The number of pyridine rings is 1. The number of hydrogen-bond donors (Lipinski definition) is 1. The molecule has 1 heterocycles. The molecule has 1 rings (SSSR count). The number of sulfonamides is 1. The maximum atomic E-state index is 11.5. The number of aromatic nitrogens is 1. The predicted molar refractivity (Wildman–Crippen MR) is 40.0 cm³/mol. The van der Waals surface area contributed by atoms with Crippen molar-refractivity contribution in [1.82, 2.24) is 9.71 Å². The second kappa shape index (κ2) is 3.59. The van der Waals surface area contributed by atoms with Gasteiger partial charge in [0.1, 0.15) is 4.90 Å². The van der Waals surface area contributed by atoms with Crippen LogP contribution in [0.3, 0.4) is 0 Å². The fourth-order valence-electron chi connectivity index (χ4n) is 0.633. The molecule has 1 radical (unpaired) electrons. The SMILES string of the molecule is O=S(=O)(N[CH]F)c1cccnc1. The third-order valence-corrected chi connectivity index (χ3v) is 2.41. The van der Waals surface area contributed by atoms with Gasteiger partial charge in [-0.25, -0.2) is 12.8 Å². The third kappa shape index (κ3) is 1.99. The summed E-state index contributed by atoms with van der Waals surface area (Å²) in [6.07, 6.45) is 2.56. The van der Waals surface area contributed by atoms with E-state index in [2.05, 4.69) is 4.98 Å². The van der Waals surface area contributed by atoms with Crippen molar-refractivity contribution in [2.45, 2.75) is 4.90 Å². The molecule has 65 valence electrons. The molecular formula is C6H6FN2O2S. The second-order valence-electron chi connectivity index (χ2n) is 1.92. The molecule has 12 heavy (non-hydrogen) atoms. The quantitative estimate of drug-likeness (QED) is 0.702. The van der Waals surface area contributed by atoms with Crippen LogP contribution in [0.1, 0.15) is 0 Å². The van der Waals surface area contributed by atoms with Crippen molar-refractivity contribution in [3.05, 3.63) is 31.3 Å². The first kappa shape index (κ1) is 9.08. The minimum Gasteiger partial charge on any atom is -0.263 e. The van der Waals surface area contributed by atoms with Gasteiger partial charge < -0.3 is 0 Å². The van der Waals surface area contributed by atoms with Crippen molar-refractivity contribution in [3.63, 3.8) is 0 Å². The van der Waals surface area contributed by atoms with E-state index < -0.39 is 10.0 Å². The minimum absolute atomic E-state index is 0.0705. The van der Waals surface area contributed by atoms with Crippen LogP contribution in [0.4, 0.5) is 4.39 Å². The minimum atomic E-state index is -3.75. The third-order valence-electron chi connectivity index (χ3n) is 1.14. The van der Waals surface area contributed by atoms with Gasteiger partial charge in [0.15, 0.2) is 0 Å². The first-order valence-corrected chi connectivity index (χ1v) is 4.49. The molecule has 0 aromatic carbocycles. The van der Waals surface area contributed by atoms with E-state index in [1.54, 1.807) is 4.72 Å². The maximum Gasteiger partial charge on any atom is 0.244 e. The molecule has 0 fully saturated rings. The molecule has 0 saturated carbocycles. The largest absolute Gasteiger partial charge is 0.263 e. The number of hydrogen-bond acceptors (Lipinski definition) is 3. The van der Waals surface area contributed by atoms with Gasteiger partial charge >= 0.3 is 0 Å². The Hall–Kier alpha value is -1.01. The van der Waals surface area contributed by atoms with Crippen molar-refractivity contribution >= 4 is 10.0 Å². The Bertz CT molecular complexity index is 338. The molecule has 1 N–H and O–H groups in total. The van der Waals surface area contributed by atoms with E-state index in [-0.39, 0.29) is 11.7 Å². The summed E-state index contributed by atoms with van der Waals surface area (Å²) in [4.78, 5) is 3.51. The van der Waals surface area contributed by atoms with Crippen LogP contribution in [0.25, 0.3) is 0 Å². The van der Waals surface area contributed by atoms with E-state index in [1.807, 2.05) is 0 Å². The van der Waals surface area contributed by atoms with E-state index in [0.29, 0.717) is 0 Å². The lowest BCUT2D eigenvalue weighted by Crippen LogP contribution is -2.19. The molecule has 0 bridgehead atoms. The number of nitrogens with zero attached hydrogens (tertiary/aromatic N) is 1. The summed E-state index contributed by atoms with van der Waals surface area (Å²) in [5.74, 6) is 0. The molecule has 0 aliphatic heterocycles. The van der Waals surface area contributed by atoms with E-state index in [1.165, 1.54) is 18.3 Å². The van der Waals surface area contributed by atoms with Crippen LogP contribution < -0.4 is 4.72 Å². The lowest BCUT2D eigenvalue weighted by Gasteiger charge is -2.00. The van der Waals surface area contributed by atoms with Gasteiger partial charge in [-0.15, -0.1) is 0 Å². The van der Waals surface area contributed by atoms with E-state index in [0.717, 1.165) is 6.20 Å². The standard InChI is InChI=1S/C6H6FN2O2S/c7-5-9-12(10,11)6-2-1-3-8-4-6/h1-5,9H. The molecule has 0 amide bonds. The lowest BCUT2D eigenvalue weighted by atomic mass is 10.5. The average molecular weight is 189 g/mol. The molecular weight excluding hydrogens is 183 g/mol. The molecule has 0 aliphatic carbocycles. The zero-order valence-electron chi connectivity index (χ0n) is 5.94. The van der Waals surface area contributed by atoms with Gasteiger partial charge in [-0.05, 0) is 12.1 Å². The maximum absolute atomic E-state index is 11.5. The highest BCUT2D eigenvalue weighted by atomic mass is 32.2. The Balaban J connectivity index is 2.99. The highest BCUT2D eigenvalue weighted by molar-refractivity contribution is 7.89. The lowest BCUT2D eigenvalue weighted by molar-refractivity contribution is 0.548. The molecule has 0 unspecified atom stereocenters. The summed E-state index contributed by atoms with van der Waals surface area (Å²) in [7, 11) is -3.75. The van der Waals surface area contributed by atoms with Gasteiger partial charge in [-0.2, -0.15) is 4.72 Å². The van der Waals surface area contributed by atoms with Crippen molar-refractivity contribution in [1.29, 1.82) is 0 Å². The summed E-state index contributed by atoms with van der Waals surface area (Å²) < 4.78 is 35.1. The molecule has 4 nitrogen and oxygen atoms in total. The van der Waals surface area contributed by atoms with Gasteiger partial charge in [0, 0.05) is 12.4 Å². The van der Waals surface area contributed by atoms with Crippen LogP contribution in [-0.4, -0.2) is 13.4 Å². The van der Waals surface area contributed by atoms with Gasteiger partial charge in [0.05, 0.1) is 0 Å². The Kier molecular flexibility index (Phi) is 2.72. The first-order chi connectivity index (χ1) is 5.67. The van der Waals surface area contributed by atoms with Gasteiger partial charge in [-0.3, -0.25) is 4.98 Å². The van der Waals surface area contributed by atoms with Crippen LogP contribution in [0.2, 0.25) is 0 Å². The molecule has 0 saturated heterocycles. The van der Waals surface area contributed by atoms with Crippen molar-refractivity contribution in [2.24, 2.45) is 0 Å². The van der Waals surface area contributed by atoms with E-state index >= 15 is 0 Å². The zero-order chi connectivity index (χ0) is 9.03. The zero-order valence-corrected chi connectivity index (χ0v) is 6.75. The average Bonchev–Trinajstić information content (AvgIpc) is 2.06. The number of rotatable bonds is 3. The van der Waals surface area contributed by atoms with Gasteiger partial charge in [0.2, 0.25) is 16.8 Å². The summed E-state index contributed by atoms with van der Waals surface area (Å²) >= 11 is 0. The van der Waals surface area contributed by atoms with E-state index in [9.17, 15) is 12.8 Å². The van der Waals surface area contributed by atoms with Crippen molar-refractivity contribution < 1.29 is 12.8 Å². The van der Waals surface area contributed by atoms with Crippen LogP contribution in [0, 0.1) is 6.80 Å².